The predicted molar refractivity (Wildman–Crippen MR) is 118 cm³/mol. The molecule has 1 aromatic heterocycles. The van der Waals surface area contributed by atoms with E-state index in [1.54, 1.807) is 0 Å². The molecule has 0 saturated heterocycles. The van der Waals surface area contributed by atoms with Crippen LogP contribution in [0.25, 0.3) is 0 Å². The average molecular weight is 408 g/mol. The molecule has 5 heteroatoms. The van der Waals surface area contributed by atoms with Crippen LogP contribution in [0.3, 0.4) is 0 Å². The van der Waals surface area contributed by atoms with Crippen LogP contribution in [0.1, 0.15) is 80.0 Å². The maximum absolute atomic E-state index is 12.9. The molecule has 1 aliphatic heterocycles. The number of nitrogens with zero attached hydrogens (tertiary/aromatic N) is 2. The molecule has 30 heavy (non-hydrogen) atoms. The Hall–Kier alpha value is -2.56. The van der Waals surface area contributed by atoms with E-state index in [4.69, 9.17) is 0 Å². The summed E-state index contributed by atoms with van der Waals surface area (Å²) in [6, 6.07) is 12.3. The van der Waals surface area contributed by atoms with Gasteiger partial charge >= 0.3 is 0 Å². The highest BCUT2D eigenvalue weighted by Crippen LogP contribution is 2.41. The summed E-state index contributed by atoms with van der Waals surface area (Å²) in [6.45, 7) is 6.19. The molecule has 1 aromatic carbocycles. The fourth-order valence-electron chi connectivity index (χ4n) is 5.21. The van der Waals surface area contributed by atoms with E-state index in [0.717, 1.165) is 42.5 Å². The van der Waals surface area contributed by atoms with Gasteiger partial charge in [-0.15, -0.1) is 0 Å². The van der Waals surface area contributed by atoms with Crippen molar-refractivity contribution in [3.8, 4) is 0 Å². The molecule has 2 aromatic rings. The summed E-state index contributed by atoms with van der Waals surface area (Å²) in [4.78, 5) is 27.8. The minimum Gasteiger partial charge on any atom is -0.351 e. The maximum Gasteiger partial charge on any atom is 0.254 e. The SMILES string of the molecule is CC(C)n1cccc1CNC(=O)CC1(CN2Cc3ccccc3C2=O)CCCCC1. The molecule has 2 aliphatic rings. The number of benzene rings is 1. The summed E-state index contributed by atoms with van der Waals surface area (Å²) in [6.07, 6.45) is 8.09. The Balaban J connectivity index is 1.42. The summed E-state index contributed by atoms with van der Waals surface area (Å²) < 4.78 is 2.19. The summed E-state index contributed by atoms with van der Waals surface area (Å²) in [7, 11) is 0. The van der Waals surface area contributed by atoms with Gasteiger partial charge in [-0.05, 0) is 55.9 Å². The van der Waals surface area contributed by atoms with Gasteiger partial charge in [0.2, 0.25) is 5.91 Å². The van der Waals surface area contributed by atoms with Crippen molar-refractivity contribution in [1.29, 1.82) is 0 Å². The van der Waals surface area contributed by atoms with Crippen molar-refractivity contribution >= 4 is 11.8 Å². The molecule has 0 radical (unpaired) electrons. The smallest absolute Gasteiger partial charge is 0.254 e. The molecule has 160 valence electrons. The van der Waals surface area contributed by atoms with E-state index in [2.05, 4.69) is 36.0 Å². The lowest BCUT2D eigenvalue weighted by Crippen LogP contribution is -2.42. The zero-order chi connectivity index (χ0) is 21.1. The third-order valence-electron chi connectivity index (χ3n) is 6.76. The zero-order valence-corrected chi connectivity index (χ0v) is 18.2. The first kappa shape index (κ1) is 20.7. The van der Waals surface area contributed by atoms with Crippen LogP contribution >= 0.6 is 0 Å². The predicted octanol–water partition coefficient (Wildman–Crippen LogP) is 4.68. The molecule has 1 fully saturated rings. The number of aromatic nitrogens is 1. The van der Waals surface area contributed by atoms with Crippen LogP contribution in [0.4, 0.5) is 0 Å². The second-order valence-electron chi connectivity index (χ2n) is 9.33. The summed E-state index contributed by atoms with van der Waals surface area (Å²) in [5.74, 6) is 0.211. The Kier molecular flexibility index (Phi) is 5.98. The Bertz CT molecular complexity index is 909. The maximum atomic E-state index is 12.9. The molecule has 2 heterocycles. The van der Waals surface area contributed by atoms with Crippen LogP contribution < -0.4 is 5.32 Å². The molecule has 2 amide bonds. The van der Waals surface area contributed by atoms with Crippen molar-refractivity contribution in [2.24, 2.45) is 5.41 Å². The molecule has 0 unspecified atom stereocenters. The standard InChI is InChI=1S/C25H33N3O2/c1-19(2)28-14-8-10-21(28)16-26-23(29)15-25(12-6-3-7-13-25)18-27-17-20-9-4-5-11-22(20)24(27)30/h4-5,8-11,14,19H,3,6-7,12-13,15-18H2,1-2H3,(H,26,29). The minimum atomic E-state index is -0.111. The Morgan fingerprint density at radius 2 is 1.87 bits per heavy atom. The van der Waals surface area contributed by atoms with Crippen LogP contribution in [0.15, 0.2) is 42.6 Å². The van der Waals surface area contributed by atoms with Crippen LogP contribution in [0.5, 0.6) is 0 Å². The van der Waals surface area contributed by atoms with Gasteiger partial charge in [0.05, 0.1) is 6.54 Å². The number of hydrogen-bond donors (Lipinski definition) is 1. The van der Waals surface area contributed by atoms with Crippen molar-refractivity contribution in [3.63, 3.8) is 0 Å². The number of fused-ring (bicyclic) bond motifs is 1. The third kappa shape index (κ3) is 4.30. The van der Waals surface area contributed by atoms with Crippen LogP contribution in [0, 0.1) is 5.41 Å². The highest BCUT2D eigenvalue weighted by atomic mass is 16.2. The zero-order valence-electron chi connectivity index (χ0n) is 18.2. The number of carbonyl (C=O) groups excluding carboxylic acids is 2. The molecular formula is C25H33N3O2. The Morgan fingerprint density at radius 3 is 2.60 bits per heavy atom. The van der Waals surface area contributed by atoms with Crippen molar-refractivity contribution < 1.29 is 9.59 Å². The lowest BCUT2D eigenvalue weighted by atomic mass is 9.71. The molecule has 1 N–H and O–H groups in total. The molecule has 1 aliphatic carbocycles. The van der Waals surface area contributed by atoms with E-state index in [-0.39, 0.29) is 17.2 Å². The molecule has 5 nitrogen and oxygen atoms in total. The number of nitrogens with one attached hydrogen (secondary N) is 1. The fraction of sp³-hybridized carbons (Fsp3) is 0.520. The third-order valence-corrected chi connectivity index (χ3v) is 6.76. The average Bonchev–Trinajstić information content (AvgIpc) is 3.32. The number of amides is 2. The van der Waals surface area contributed by atoms with E-state index < -0.39 is 0 Å². The van der Waals surface area contributed by atoms with Crippen molar-refractivity contribution in [2.75, 3.05) is 6.54 Å². The van der Waals surface area contributed by atoms with Gasteiger partial charge in [0.25, 0.3) is 5.91 Å². The second-order valence-corrected chi connectivity index (χ2v) is 9.33. The van der Waals surface area contributed by atoms with Gasteiger partial charge in [-0.3, -0.25) is 9.59 Å². The Morgan fingerprint density at radius 1 is 1.10 bits per heavy atom. The van der Waals surface area contributed by atoms with Gasteiger partial charge in [0, 0.05) is 43.0 Å². The minimum absolute atomic E-state index is 0.0950. The van der Waals surface area contributed by atoms with Gasteiger partial charge in [0.1, 0.15) is 0 Å². The largest absolute Gasteiger partial charge is 0.351 e. The highest BCUT2D eigenvalue weighted by Gasteiger charge is 2.39. The summed E-state index contributed by atoms with van der Waals surface area (Å²) in [5.41, 5.74) is 2.94. The number of rotatable bonds is 7. The summed E-state index contributed by atoms with van der Waals surface area (Å²) in [5, 5.41) is 3.14. The lowest BCUT2D eigenvalue weighted by Gasteiger charge is -2.39. The van der Waals surface area contributed by atoms with Crippen molar-refractivity contribution in [1.82, 2.24) is 14.8 Å². The second kappa shape index (κ2) is 8.66. The van der Waals surface area contributed by atoms with E-state index in [1.807, 2.05) is 35.2 Å². The molecule has 4 rings (SSSR count). The Labute approximate surface area is 179 Å². The topological polar surface area (TPSA) is 54.3 Å². The van der Waals surface area contributed by atoms with E-state index in [1.165, 1.54) is 6.42 Å². The number of carbonyl (C=O) groups is 2. The monoisotopic (exact) mass is 407 g/mol. The molecule has 1 saturated carbocycles. The van der Waals surface area contributed by atoms with Crippen molar-refractivity contribution in [3.05, 3.63) is 59.4 Å². The first-order valence-corrected chi connectivity index (χ1v) is 11.3. The first-order chi connectivity index (χ1) is 14.5. The molecular weight excluding hydrogens is 374 g/mol. The number of hydrogen-bond acceptors (Lipinski definition) is 2. The van der Waals surface area contributed by atoms with Gasteiger partial charge in [-0.2, -0.15) is 0 Å². The van der Waals surface area contributed by atoms with Gasteiger partial charge in [-0.1, -0.05) is 37.5 Å². The first-order valence-electron chi connectivity index (χ1n) is 11.3. The van der Waals surface area contributed by atoms with E-state index in [0.29, 0.717) is 32.1 Å². The van der Waals surface area contributed by atoms with Crippen molar-refractivity contribution in [2.45, 2.75) is 71.5 Å². The summed E-state index contributed by atoms with van der Waals surface area (Å²) >= 11 is 0. The van der Waals surface area contributed by atoms with Crippen LogP contribution in [-0.4, -0.2) is 27.8 Å². The normalized spacial score (nSPS) is 18.0. The van der Waals surface area contributed by atoms with E-state index >= 15 is 0 Å². The molecule has 0 spiro atoms. The molecule has 0 bridgehead atoms. The fourth-order valence-corrected chi connectivity index (χ4v) is 5.21. The van der Waals surface area contributed by atoms with Gasteiger partial charge in [-0.25, -0.2) is 0 Å². The molecule has 0 atom stereocenters. The van der Waals surface area contributed by atoms with Crippen LogP contribution in [0.2, 0.25) is 0 Å². The van der Waals surface area contributed by atoms with Crippen LogP contribution in [-0.2, 0) is 17.9 Å². The lowest BCUT2D eigenvalue weighted by molar-refractivity contribution is -0.124. The van der Waals surface area contributed by atoms with E-state index in [9.17, 15) is 9.59 Å². The van der Waals surface area contributed by atoms with Gasteiger partial charge in [0.15, 0.2) is 0 Å². The highest BCUT2D eigenvalue weighted by molar-refractivity contribution is 5.98. The quantitative estimate of drug-likeness (QED) is 0.724. The van der Waals surface area contributed by atoms with Gasteiger partial charge < -0.3 is 14.8 Å².